The second-order valence-electron chi connectivity index (χ2n) is 5.55. The van der Waals surface area contributed by atoms with Crippen molar-refractivity contribution in [2.45, 2.75) is 18.1 Å². The number of thioether (sulfide) groups is 1. The first kappa shape index (κ1) is 15.4. The molecule has 0 saturated carbocycles. The maximum absolute atomic E-state index is 12.8. The van der Waals surface area contributed by atoms with Gasteiger partial charge in [0.05, 0.1) is 5.52 Å². The van der Waals surface area contributed by atoms with Crippen LogP contribution in [0.3, 0.4) is 0 Å². The molecule has 0 aliphatic carbocycles. The highest BCUT2D eigenvalue weighted by molar-refractivity contribution is 7.98. The molecule has 0 spiro atoms. The Hall–Kier alpha value is -2.12. The van der Waals surface area contributed by atoms with E-state index >= 15 is 0 Å². The Morgan fingerprint density at radius 3 is 3.00 bits per heavy atom. The summed E-state index contributed by atoms with van der Waals surface area (Å²) >= 11 is 2.75. The van der Waals surface area contributed by atoms with E-state index in [9.17, 15) is 9.59 Å². The van der Waals surface area contributed by atoms with Crippen LogP contribution in [-0.2, 0) is 17.8 Å². The van der Waals surface area contributed by atoms with Crippen molar-refractivity contribution in [2.24, 2.45) is 0 Å². The molecule has 0 radical (unpaired) electrons. The van der Waals surface area contributed by atoms with E-state index in [1.54, 1.807) is 4.90 Å². The Bertz CT molecular complexity index is 993. The van der Waals surface area contributed by atoms with Crippen molar-refractivity contribution in [3.05, 3.63) is 51.6 Å². The average Bonchev–Trinajstić information content (AvgIpc) is 3.23. The van der Waals surface area contributed by atoms with Crippen LogP contribution in [0.4, 0.5) is 5.69 Å². The van der Waals surface area contributed by atoms with Crippen molar-refractivity contribution in [3.8, 4) is 0 Å². The Kier molecular flexibility index (Phi) is 3.90. The van der Waals surface area contributed by atoms with Crippen LogP contribution in [0.1, 0.15) is 5.56 Å². The second-order valence-corrected chi connectivity index (χ2v) is 7.24. The molecule has 1 aromatic carbocycles. The van der Waals surface area contributed by atoms with Gasteiger partial charge in [0.15, 0.2) is 5.16 Å². The van der Waals surface area contributed by atoms with Gasteiger partial charge in [0.2, 0.25) is 5.91 Å². The Balaban J connectivity index is 1.71. The number of benzene rings is 1. The van der Waals surface area contributed by atoms with Gasteiger partial charge in [0.25, 0.3) is 5.56 Å². The fraction of sp³-hybridized carbons (Fsp3) is 0.235. The summed E-state index contributed by atoms with van der Waals surface area (Å²) in [6.07, 6.45) is 2.72. The largest absolute Gasteiger partial charge is 0.310 e. The monoisotopic (exact) mass is 357 g/mol. The van der Waals surface area contributed by atoms with Gasteiger partial charge in [0, 0.05) is 12.2 Å². The summed E-state index contributed by atoms with van der Waals surface area (Å²) in [6, 6.07) is 9.76. The summed E-state index contributed by atoms with van der Waals surface area (Å²) in [5, 5.41) is 2.43. The molecule has 5 nitrogen and oxygen atoms in total. The number of thiophene rings is 1. The smallest absolute Gasteiger partial charge is 0.272 e. The van der Waals surface area contributed by atoms with E-state index in [1.807, 2.05) is 42.0 Å². The summed E-state index contributed by atoms with van der Waals surface area (Å²) in [5.41, 5.74) is 2.69. The van der Waals surface area contributed by atoms with Crippen LogP contribution >= 0.6 is 23.1 Å². The van der Waals surface area contributed by atoms with E-state index in [0.29, 0.717) is 21.9 Å². The van der Waals surface area contributed by atoms with Gasteiger partial charge in [-0.1, -0.05) is 30.0 Å². The molecule has 0 N–H and O–H groups in total. The van der Waals surface area contributed by atoms with Crippen molar-refractivity contribution < 1.29 is 4.79 Å². The van der Waals surface area contributed by atoms with Crippen LogP contribution in [-0.4, -0.2) is 28.3 Å². The van der Waals surface area contributed by atoms with Gasteiger partial charge in [-0.15, -0.1) is 11.3 Å². The van der Waals surface area contributed by atoms with Gasteiger partial charge in [-0.25, -0.2) is 4.98 Å². The highest BCUT2D eigenvalue weighted by atomic mass is 32.2. The molecule has 0 unspecified atom stereocenters. The third-order valence-electron chi connectivity index (χ3n) is 4.19. The number of carbonyl (C=O) groups is 1. The van der Waals surface area contributed by atoms with Crippen molar-refractivity contribution >= 4 is 44.9 Å². The van der Waals surface area contributed by atoms with Crippen LogP contribution in [0.15, 0.2) is 45.7 Å². The Morgan fingerprint density at radius 1 is 1.33 bits per heavy atom. The first-order chi connectivity index (χ1) is 11.7. The van der Waals surface area contributed by atoms with E-state index in [-0.39, 0.29) is 18.0 Å². The molecule has 4 rings (SSSR count). The summed E-state index contributed by atoms with van der Waals surface area (Å²) in [6.45, 7) is 0.681. The molecule has 24 heavy (non-hydrogen) atoms. The molecule has 1 aliphatic rings. The minimum atomic E-state index is -0.139. The molecule has 0 atom stereocenters. The number of anilines is 1. The van der Waals surface area contributed by atoms with Gasteiger partial charge < -0.3 is 4.90 Å². The summed E-state index contributed by atoms with van der Waals surface area (Å²) in [5.74, 6) is -0.0740. The lowest BCUT2D eigenvalue weighted by Crippen LogP contribution is -2.36. The summed E-state index contributed by atoms with van der Waals surface area (Å²) in [4.78, 5) is 31.8. The number of nitrogens with zero attached hydrogens (tertiary/aromatic N) is 3. The normalized spacial score (nSPS) is 13.5. The van der Waals surface area contributed by atoms with E-state index in [2.05, 4.69) is 4.98 Å². The predicted molar refractivity (Wildman–Crippen MR) is 98.2 cm³/mol. The van der Waals surface area contributed by atoms with Crippen LogP contribution < -0.4 is 10.5 Å². The summed E-state index contributed by atoms with van der Waals surface area (Å²) < 4.78 is 2.09. The zero-order valence-corrected chi connectivity index (χ0v) is 14.7. The number of amides is 1. The molecule has 2 aromatic heterocycles. The molecule has 0 bridgehead atoms. The second kappa shape index (κ2) is 6.07. The van der Waals surface area contributed by atoms with E-state index in [4.69, 9.17) is 0 Å². The lowest BCUT2D eigenvalue weighted by atomic mass is 10.2. The minimum absolute atomic E-state index is 0.0180. The average molecular weight is 357 g/mol. The number of para-hydroxylation sites is 1. The lowest BCUT2D eigenvalue weighted by Gasteiger charge is -2.19. The van der Waals surface area contributed by atoms with Gasteiger partial charge in [-0.3, -0.25) is 14.2 Å². The molecule has 122 valence electrons. The quantitative estimate of drug-likeness (QED) is 0.534. The molecular weight excluding hydrogens is 342 g/mol. The van der Waals surface area contributed by atoms with Gasteiger partial charge >= 0.3 is 0 Å². The van der Waals surface area contributed by atoms with Crippen molar-refractivity contribution in [1.82, 2.24) is 9.55 Å². The molecule has 1 amide bonds. The van der Waals surface area contributed by atoms with Crippen LogP contribution in [0, 0.1) is 0 Å². The van der Waals surface area contributed by atoms with E-state index < -0.39 is 0 Å². The molecule has 7 heteroatoms. The van der Waals surface area contributed by atoms with E-state index in [1.165, 1.54) is 33.2 Å². The predicted octanol–water partition coefficient (Wildman–Crippen LogP) is 2.77. The van der Waals surface area contributed by atoms with Crippen LogP contribution in [0.2, 0.25) is 0 Å². The van der Waals surface area contributed by atoms with E-state index in [0.717, 1.165) is 12.1 Å². The molecule has 1 aliphatic heterocycles. The molecule has 3 heterocycles. The number of hydrogen-bond acceptors (Lipinski definition) is 5. The first-order valence-corrected chi connectivity index (χ1v) is 9.70. The highest BCUT2D eigenvalue weighted by Gasteiger charge is 2.25. The topological polar surface area (TPSA) is 55.2 Å². The fourth-order valence-corrected chi connectivity index (χ4v) is 4.37. The lowest BCUT2D eigenvalue weighted by molar-refractivity contribution is -0.119. The highest BCUT2D eigenvalue weighted by Crippen LogP contribution is 2.28. The number of rotatable bonds is 3. The Labute approximate surface area is 146 Å². The van der Waals surface area contributed by atoms with Gasteiger partial charge in [0.1, 0.15) is 11.2 Å². The number of aromatic nitrogens is 2. The van der Waals surface area contributed by atoms with Crippen LogP contribution in [0.25, 0.3) is 10.2 Å². The van der Waals surface area contributed by atoms with Crippen molar-refractivity contribution in [3.63, 3.8) is 0 Å². The molecular formula is C17H15N3O2S2. The third-order valence-corrected chi connectivity index (χ3v) is 5.76. The number of hydrogen-bond donors (Lipinski definition) is 0. The number of carbonyl (C=O) groups excluding carboxylic acids is 1. The van der Waals surface area contributed by atoms with Crippen molar-refractivity contribution in [1.29, 1.82) is 0 Å². The zero-order chi connectivity index (χ0) is 16.7. The maximum Gasteiger partial charge on any atom is 0.272 e. The molecule has 0 saturated heterocycles. The molecule has 3 aromatic rings. The first-order valence-electron chi connectivity index (χ1n) is 7.59. The van der Waals surface area contributed by atoms with Gasteiger partial charge in [-0.2, -0.15) is 0 Å². The third kappa shape index (κ3) is 2.44. The summed E-state index contributed by atoms with van der Waals surface area (Å²) in [7, 11) is 0. The Morgan fingerprint density at radius 2 is 2.17 bits per heavy atom. The van der Waals surface area contributed by atoms with Gasteiger partial charge in [-0.05, 0) is 35.8 Å². The SMILES string of the molecule is CSc1nc2ccsc2c(=O)n1CC(=O)N1CCc2ccccc21. The number of fused-ring (bicyclic) bond motifs is 2. The fourth-order valence-electron chi connectivity index (χ4n) is 3.04. The van der Waals surface area contributed by atoms with Crippen molar-refractivity contribution in [2.75, 3.05) is 17.7 Å². The van der Waals surface area contributed by atoms with Crippen LogP contribution in [0.5, 0.6) is 0 Å². The minimum Gasteiger partial charge on any atom is -0.310 e. The zero-order valence-electron chi connectivity index (χ0n) is 13.1. The molecule has 0 fully saturated rings. The maximum atomic E-state index is 12.8. The standard InChI is InChI=1S/C17H15N3O2S2/c1-23-17-18-12-7-9-24-15(12)16(22)20(17)10-14(21)19-8-6-11-4-2-3-5-13(11)19/h2-5,7,9H,6,8,10H2,1H3.